The summed E-state index contributed by atoms with van der Waals surface area (Å²) in [5.41, 5.74) is 1.51. The lowest BCUT2D eigenvalue weighted by Crippen LogP contribution is -2.60. The van der Waals surface area contributed by atoms with Crippen molar-refractivity contribution in [2.24, 2.45) is 0 Å². The zero-order valence-corrected chi connectivity index (χ0v) is 19.5. The number of halogens is 1. The molecule has 0 spiro atoms. The van der Waals surface area contributed by atoms with Gasteiger partial charge in [0.15, 0.2) is 6.10 Å². The van der Waals surface area contributed by atoms with Crippen LogP contribution in [0.5, 0.6) is 5.75 Å². The number of nitrogens with zero attached hydrogens (tertiary/aromatic N) is 4. The fraction of sp³-hybridized carbons (Fsp3) is 0.375. The number of phenols is 1. The Labute approximate surface area is 206 Å². The van der Waals surface area contributed by atoms with Gasteiger partial charge in [0.1, 0.15) is 41.6 Å². The first-order chi connectivity index (χ1) is 17.3. The summed E-state index contributed by atoms with van der Waals surface area (Å²) < 4.78 is 20.4. The molecule has 2 aromatic carbocycles. The number of aromatic hydroxyl groups is 1. The van der Waals surface area contributed by atoms with Gasteiger partial charge in [0.2, 0.25) is 0 Å². The van der Waals surface area contributed by atoms with Crippen LogP contribution in [0.25, 0.3) is 11.3 Å². The highest BCUT2D eigenvalue weighted by molar-refractivity contribution is 5.81. The van der Waals surface area contributed by atoms with E-state index in [1.54, 1.807) is 25.2 Å². The van der Waals surface area contributed by atoms with Crippen LogP contribution in [0.15, 0.2) is 54.7 Å². The highest BCUT2D eigenvalue weighted by Gasteiger charge is 2.49. The molecule has 0 saturated carbocycles. The molecule has 192 valence electrons. The third-order valence-corrected chi connectivity index (χ3v) is 6.09. The first-order valence-electron chi connectivity index (χ1n) is 11.4. The van der Waals surface area contributed by atoms with Crippen molar-refractivity contribution in [2.75, 3.05) is 32.1 Å². The average Bonchev–Trinajstić information content (AvgIpc) is 3.35. The van der Waals surface area contributed by atoms with E-state index in [9.17, 15) is 29.6 Å². The van der Waals surface area contributed by atoms with E-state index >= 15 is 0 Å². The monoisotopic (exact) mass is 501 g/mol. The standard InChI is InChI=1S/C24H28FN5O6/c1-29(10-9-26-16-5-7-17(32)8-6-16)24(35)23-22(34)20(21(33)19(13-31)36-23)30-12-18(27-28-30)14-3-2-4-15(25)11-14/h2-8,11-12,19-23,26,31-34H,9-10,13H2,1H3/t19-,20+,21+,22-,23-/m1/s1. The van der Waals surface area contributed by atoms with E-state index in [0.29, 0.717) is 17.8 Å². The molecule has 11 nitrogen and oxygen atoms in total. The van der Waals surface area contributed by atoms with Gasteiger partial charge in [-0.15, -0.1) is 5.10 Å². The van der Waals surface area contributed by atoms with Crippen molar-refractivity contribution in [1.82, 2.24) is 19.9 Å². The molecule has 1 aliphatic rings. The summed E-state index contributed by atoms with van der Waals surface area (Å²) in [5.74, 6) is -0.861. The first kappa shape index (κ1) is 25.5. The number of hydrogen-bond acceptors (Lipinski definition) is 9. The van der Waals surface area contributed by atoms with Crippen LogP contribution in [0, 0.1) is 5.82 Å². The molecule has 0 radical (unpaired) electrons. The molecule has 3 aromatic rings. The Kier molecular flexibility index (Phi) is 7.79. The van der Waals surface area contributed by atoms with Gasteiger partial charge in [0.25, 0.3) is 5.91 Å². The van der Waals surface area contributed by atoms with Crippen LogP contribution in [0.3, 0.4) is 0 Å². The number of ether oxygens (including phenoxy) is 1. The molecule has 0 aliphatic carbocycles. The number of benzene rings is 2. The quantitative estimate of drug-likeness (QED) is 0.276. The minimum absolute atomic E-state index is 0.141. The van der Waals surface area contributed by atoms with E-state index in [1.165, 1.54) is 46.1 Å². The van der Waals surface area contributed by atoms with Crippen molar-refractivity contribution >= 4 is 11.6 Å². The fourth-order valence-corrected chi connectivity index (χ4v) is 4.10. The van der Waals surface area contributed by atoms with Crippen LogP contribution in [-0.4, -0.2) is 97.4 Å². The van der Waals surface area contributed by atoms with Crippen molar-refractivity contribution in [3.05, 3.63) is 60.5 Å². The molecule has 0 bridgehead atoms. The number of carbonyl (C=O) groups is 1. The summed E-state index contributed by atoms with van der Waals surface area (Å²) >= 11 is 0. The van der Waals surface area contributed by atoms with Crippen molar-refractivity contribution in [3.8, 4) is 17.0 Å². The number of rotatable bonds is 8. The van der Waals surface area contributed by atoms with Crippen LogP contribution in [0.4, 0.5) is 10.1 Å². The lowest BCUT2D eigenvalue weighted by atomic mass is 9.92. The zero-order valence-electron chi connectivity index (χ0n) is 19.5. The molecule has 1 aliphatic heterocycles. The molecular weight excluding hydrogens is 473 g/mol. The van der Waals surface area contributed by atoms with Gasteiger partial charge in [-0.25, -0.2) is 9.07 Å². The molecule has 2 heterocycles. The number of amides is 1. The summed E-state index contributed by atoms with van der Waals surface area (Å²) in [4.78, 5) is 14.5. The van der Waals surface area contributed by atoms with E-state index < -0.39 is 48.8 Å². The number of aliphatic hydroxyl groups excluding tert-OH is 3. The smallest absolute Gasteiger partial charge is 0.254 e. The zero-order chi connectivity index (χ0) is 25.8. The lowest BCUT2D eigenvalue weighted by Gasteiger charge is -2.42. The van der Waals surface area contributed by atoms with Gasteiger partial charge in [-0.05, 0) is 36.4 Å². The van der Waals surface area contributed by atoms with Gasteiger partial charge in [-0.3, -0.25) is 4.79 Å². The molecule has 1 saturated heterocycles. The van der Waals surface area contributed by atoms with Crippen molar-refractivity contribution in [2.45, 2.75) is 30.5 Å². The molecule has 1 amide bonds. The predicted molar refractivity (Wildman–Crippen MR) is 126 cm³/mol. The molecule has 0 unspecified atom stereocenters. The number of nitrogens with one attached hydrogen (secondary N) is 1. The Morgan fingerprint density at radius 3 is 2.64 bits per heavy atom. The largest absolute Gasteiger partial charge is 0.508 e. The number of anilines is 1. The van der Waals surface area contributed by atoms with Crippen LogP contribution in [0.1, 0.15) is 6.04 Å². The highest BCUT2D eigenvalue weighted by atomic mass is 19.1. The van der Waals surface area contributed by atoms with E-state index in [0.717, 1.165) is 5.69 Å². The van der Waals surface area contributed by atoms with Crippen molar-refractivity contribution < 1.29 is 34.3 Å². The number of phenolic OH excluding ortho intramolecular Hbond substituents is 1. The summed E-state index contributed by atoms with van der Waals surface area (Å²) in [6, 6.07) is 11.0. The first-order valence-corrected chi connectivity index (χ1v) is 11.4. The maximum Gasteiger partial charge on any atom is 0.254 e. The van der Waals surface area contributed by atoms with Crippen LogP contribution < -0.4 is 5.32 Å². The second-order valence-electron chi connectivity index (χ2n) is 8.58. The van der Waals surface area contributed by atoms with Crippen LogP contribution in [0.2, 0.25) is 0 Å². The van der Waals surface area contributed by atoms with E-state index in [4.69, 9.17) is 4.74 Å². The third-order valence-electron chi connectivity index (χ3n) is 6.09. The number of carbonyl (C=O) groups excluding carboxylic acids is 1. The Balaban J connectivity index is 1.47. The number of aliphatic hydroxyl groups is 3. The summed E-state index contributed by atoms with van der Waals surface area (Å²) in [7, 11) is 1.54. The van der Waals surface area contributed by atoms with Gasteiger partial charge in [0, 0.05) is 31.4 Å². The SMILES string of the molecule is CN(CCNc1ccc(O)cc1)C(=O)[C@@H]1O[C@H](CO)[C@H](O)[C@H](n2cc(-c3cccc(F)c3)nn2)[C@H]1O. The Morgan fingerprint density at radius 1 is 1.19 bits per heavy atom. The molecule has 5 atom stereocenters. The summed E-state index contributed by atoms with van der Waals surface area (Å²) in [5, 5.41) is 52.0. The number of hydrogen-bond donors (Lipinski definition) is 5. The number of likely N-dealkylation sites (N-methyl/N-ethyl adjacent to an activating group) is 1. The Morgan fingerprint density at radius 2 is 1.94 bits per heavy atom. The number of aromatic nitrogens is 3. The molecule has 1 fully saturated rings. The molecule has 1 aromatic heterocycles. The van der Waals surface area contributed by atoms with E-state index in [2.05, 4.69) is 15.6 Å². The fourth-order valence-electron chi connectivity index (χ4n) is 4.10. The van der Waals surface area contributed by atoms with Gasteiger partial charge in [-0.2, -0.15) is 0 Å². The predicted octanol–water partition coefficient (Wildman–Crippen LogP) is 0.383. The maximum atomic E-state index is 13.6. The van der Waals surface area contributed by atoms with Gasteiger partial charge >= 0.3 is 0 Å². The summed E-state index contributed by atoms with van der Waals surface area (Å²) in [6.45, 7) is 0.0491. The summed E-state index contributed by atoms with van der Waals surface area (Å²) in [6.07, 6.45) is -4.01. The van der Waals surface area contributed by atoms with Gasteiger partial charge in [0.05, 0.1) is 12.8 Å². The second-order valence-corrected chi connectivity index (χ2v) is 8.58. The van der Waals surface area contributed by atoms with Crippen LogP contribution >= 0.6 is 0 Å². The Hall–Kier alpha value is -3.58. The Bertz CT molecular complexity index is 1180. The van der Waals surface area contributed by atoms with Gasteiger partial charge < -0.3 is 35.4 Å². The molecular formula is C24H28FN5O6. The lowest BCUT2D eigenvalue weighted by molar-refractivity contribution is -0.210. The second kappa shape index (κ2) is 11.0. The minimum atomic E-state index is -1.51. The van der Waals surface area contributed by atoms with E-state index in [-0.39, 0.29) is 12.3 Å². The third kappa shape index (κ3) is 5.46. The van der Waals surface area contributed by atoms with Gasteiger partial charge in [-0.1, -0.05) is 17.3 Å². The van der Waals surface area contributed by atoms with Crippen LogP contribution in [-0.2, 0) is 9.53 Å². The molecule has 4 rings (SSSR count). The highest BCUT2D eigenvalue weighted by Crippen LogP contribution is 2.31. The molecule has 12 heteroatoms. The average molecular weight is 502 g/mol. The molecule has 36 heavy (non-hydrogen) atoms. The van der Waals surface area contributed by atoms with Crippen molar-refractivity contribution in [1.29, 1.82) is 0 Å². The minimum Gasteiger partial charge on any atom is -0.508 e. The van der Waals surface area contributed by atoms with E-state index in [1.807, 2.05) is 0 Å². The van der Waals surface area contributed by atoms with Crippen molar-refractivity contribution in [3.63, 3.8) is 0 Å². The topological polar surface area (TPSA) is 153 Å². The molecule has 5 N–H and O–H groups in total. The normalized spacial score (nSPS) is 23.9. The maximum absolute atomic E-state index is 13.6.